The largest absolute Gasteiger partial charge is 0.396 e. The second-order valence-electron chi connectivity index (χ2n) is 4.74. The van der Waals surface area contributed by atoms with Crippen molar-refractivity contribution in [2.45, 2.75) is 45.5 Å². The van der Waals surface area contributed by atoms with Gasteiger partial charge in [-0.05, 0) is 19.3 Å². The molecule has 0 aromatic heterocycles. The lowest BCUT2D eigenvalue weighted by molar-refractivity contribution is -0.200. The van der Waals surface area contributed by atoms with Gasteiger partial charge < -0.3 is 14.6 Å². The molecule has 1 fully saturated rings. The number of rotatable bonds is 5. The van der Waals surface area contributed by atoms with E-state index in [2.05, 4.69) is 6.58 Å². The van der Waals surface area contributed by atoms with E-state index in [1.54, 1.807) is 6.08 Å². The summed E-state index contributed by atoms with van der Waals surface area (Å²) in [7, 11) is 0. The molecular weight excluding hydrogens is 192 g/mol. The molecule has 0 saturated carbocycles. The minimum Gasteiger partial charge on any atom is -0.396 e. The van der Waals surface area contributed by atoms with Crippen molar-refractivity contribution < 1.29 is 14.6 Å². The van der Waals surface area contributed by atoms with Crippen LogP contribution in [0, 0.1) is 5.41 Å². The van der Waals surface area contributed by atoms with Gasteiger partial charge in [0.15, 0.2) is 6.29 Å². The highest BCUT2D eigenvalue weighted by molar-refractivity contribution is 4.92. The van der Waals surface area contributed by atoms with Crippen LogP contribution < -0.4 is 0 Å². The molecular formula is C12H22O3. The quantitative estimate of drug-likeness (QED) is 0.712. The van der Waals surface area contributed by atoms with Crippen molar-refractivity contribution in [3.05, 3.63) is 12.7 Å². The molecule has 2 atom stereocenters. The molecule has 0 bridgehead atoms. The molecule has 1 rings (SSSR count). The Balaban J connectivity index is 2.48. The smallest absolute Gasteiger partial charge is 0.158 e. The molecule has 0 amide bonds. The Hall–Kier alpha value is -0.380. The van der Waals surface area contributed by atoms with E-state index in [0.717, 1.165) is 25.9 Å². The van der Waals surface area contributed by atoms with E-state index >= 15 is 0 Å². The molecule has 3 heteroatoms. The van der Waals surface area contributed by atoms with Crippen LogP contribution in [0.15, 0.2) is 12.7 Å². The first-order valence-corrected chi connectivity index (χ1v) is 5.60. The maximum Gasteiger partial charge on any atom is 0.158 e. The van der Waals surface area contributed by atoms with Crippen LogP contribution in [0.4, 0.5) is 0 Å². The maximum atomic E-state index is 9.26. The highest BCUT2D eigenvalue weighted by Gasteiger charge is 2.30. The van der Waals surface area contributed by atoms with Gasteiger partial charge in [0.1, 0.15) is 0 Å². The summed E-state index contributed by atoms with van der Waals surface area (Å²) in [5, 5.41) is 9.26. The van der Waals surface area contributed by atoms with Gasteiger partial charge in [-0.2, -0.15) is 0 Å². The fourth-order valence-electron chi connectivity index (χ4n) is 1.63. The van der Waals surface area contributed by atoms with E-state index in [0.29, 0.717) is 0 Å². The first kappa shape index (κ1) is 12.7. The lowest BCUT2D eigenvalue weighted by Gasteiger charge is -2.34. The zero-order valence-corrected chi connectivity index (χ0v) is 9.74. The van der Waals surface area contributed by atoms with E-state index in [1.807, 2.05) is 13.8 Å². The summed E-state index contributed by atoms with van der Waals surface area (Å²) < 4.78 is 11.3. The van der Waals surface area contributed by atoms with Gasteiger partial charge in [0.05, 0.1) is 12.7 Å². The van der Waals surface area contributed by atoms with Crippen LogP contribution in [0.1, 0.15) is 33.1 Å². The van der Waals surface area contributed by atoms with Crippen LogP contribution in [0.3, 0.4) is 0 Å². The fourth-order valence-corrected chi connectivity index (χ4v) is 1.63. The summed E-state index contributed by atoms with van der Waals surface area (Å²) >= 11 is 0. The first-order chi connectivity index (χ1) is 7.10. The molecule has 1 aliphatic heterocycles. The Morgan fingerprint density at radius 3 is 2.80 bits per heavy atom. The Bertz CT molecular complexity index is 195. The molecule has 0 radical (unpaired) electrons. The van der Waals surface area contributed by atoms with Gasteiger partial charge in [0.25, 0.3) is 0 Å². The fraction of sp³-hybridized carbons (Fsp3) is 0.833. The van der Waals surface area contributed by atoms with E-state index in [4.69, 9.17) is 9.47 Å². The molecule has 1 aliphatic rings. The summed E-state index contributed by atoms with van der Waals surface area (Å²) in [5.41, 5.74) is -0.303. The topological polar surface area (TPSA) is 38.7 Å². The van der Waals surface area contributed by atoms with Crippen molar-refractivity contribution in [3.8, 4) is 0 Å². The summed E-state index contributed by atoms with van der Waals surface area (Å²) in [5.74, 6) is 0. The van der Waals surface area contributed by atoms with Gasteiger partial charge in [0.2, 0.25) is 0 Å². The van der Waals surface area contributed by atoms with Crippen LogP contribution >= 0.6 is 0 Å². The summed E-state index contributed by atoms with van der Waals surface area (Å²) in [4.78, 5) is 0. The van der Waals surface area contributed by atoms with Gasteiger partial charge in [-0.25, -0.2) is 0 Å². The minimum absolute atomic E-state index is 0.0798. The average Bonchev–Trinajstić information content (AvgIpc) is 2.27. The second kappa shape index (κ2) is 5.64. The predicted octanol–water partition coefficient (Wildman–Crippen LogP) is 2.10. The number of hydrogen-bond acceptors (Lipinski definition) is 3. The predicted molar refractivity (Wildman–Crippen MR) is 59.5 cm³/mol. The number of ether oxygens (including phenoxy) is 2. The SMILES string of the molecule is C=C[C@H](O[C@@H]1CCCCO1)C(C)(C)CO. The van der Waals surface area contributed by atoms with Gasteiger partial charge in [-0.1, -0.05) is 19.9 Å². The number of aliphatic hydroxyl groups excluding tert-OH is 1. The van der Waals surface area contributed by atoms with Crippen LogP contribution in [0.25, 0.3) is 0 Å². The van der Waals surface area contributed by atoms with Crippen molar-refractivity contribution in [3.63, 3.8) is 0 Å². The minimum atomic E-state index is -0.303. The van der Waals surface area contributed by atoms with E-state index in [1.165, 1.54) is 0 Å². The maximum absolute atomic E-state index is 9.26. The normalized spacial score (nSPS) is 24.9. The zero-order chi connectivity index (χ0) is 11.3. The third-order valence-corrected chi connectivity index (χ3v) is 2.83. The molecule has 0 aliphatic carbocycles. The van der Waals surface area contributed by atoms with E-state index in [9.17, 15) is 5.11 Å². The molecule has 88 valence electrons. The van der Waals surface area contributed by atoms with Crippen molar-refractivity contribution >= 4 is 0 Å². The van der Waals surface area contributed by atoms with Crippen LogP contribution in [-0.2, 0) is 9.47 Å². The molecule has 0 spiro atoms. The van der Waals surface area contributed by atoms with E-state index in [-0.39, 0.29) is 24.4 Å². The molecule has 3 nitrogen and oxygen atoms in total. The zero-order valence-electron chi connectivity index (χ0n) is 9.74. The van der Waals surface area contributed by atoms with E-state index < -0.39 is 0 Å². The molecule has 1 N–H and O–H groups in total. The van der Waals surface area contributed by atoms with Crippen molar-refractivity contribution in [1.82, 2.24) is 0 Å². The summed E-state index contributed by atoms with van der Waals surface area (Å²) in [6.07, 6.45) is 4.65. The van der Waals surface area contributed by atoms with Gasteiger partial charge in [-0.3, -0.25) is 0 Å². The highest BCUT2D eigenvalue weighted by atomic mass is 16.7. The Morgan fingerprint density at radius 2 is 2.33 bits per heavy atom. The molecule has 0 aromatic carbocycles. The van der Waals surface area contributed by atoms with Gasteiger partial charge in [0, 0.05) is 12.0 Å². The Kier molecular flexibility index (Phi) is 4.77. The molecule has 1 heterocycles. The molecule has 15 heavy (non-hydrogen) atoms. The van der Waals surface area contributed by atoms with Gasteiger partial charge >= 0.3 is 0 Å². The van der Waals surface area contributed by atoms with Crippen molar-refractivity contribution in [2.75, 3.05) is 13.2 Å². The molecule has 0 aromatic rings. The average molecular weight is 214 g/mol. The Morgan fingerprint density at radius 1 is 1.60 bits per heavy atom. The third kappa shape index (κ3) is 3.59. The standard InChI is InChI=1S/C12H22O3/c1-4-10(12(2,3)9-13)15-11-7-5-6-8-14-11/h4,10-11,13H,1,5-9H2,2-3H3/t10-,11+/m0/s1. The van der Waals surface area contributed by atoms with Crippen molar-refractivity contribution in [2.24, 2.45) is 5.41 Å². The van der Waals surface area contributed by atoms with Crippen LogP contribution in [-0.4, -0.2) is 30.7 Å². The van der Waals surface area contributed by atoms with Crippen molar-refractivity contribution in [1.29, 1.82) is 0 Å². The van der Waals surface area contributed by atoms with Crippen LogP contribution in [0.5, 0.6) is 0 Å². The lowest BCUT2D eigenvalue weighted by atomic mass is 9.87. The van der Waals surface area contributed by atoms with Crippen LogP contribution in [0.2, 0.25) is 0 Å². The van der Waals surface area contributed by atoms with Gasteiger partial charge in [-0.15, -0.1) is 6.58 Å². The molecule has 1 saturated heterocycles. The first-order valence-electron chi connectivity index (χ1n) is 5.60. The lowest BCUT2D eigenvalue weighted by Crippen LogP contribution is -2.38. The number of aliphatic hydroxyl groups is 1. The second-order valence-corrected chi connectivity index (χ2v) is 4.74. The summed E-state index contributed by atoms with van der Waals surface area (Å²) in [6.45, 7) is 8.52. The highest BCUT2D eigenvalue weighted by Crippen LogP contribution is 2.27. The summed E-state index contributed by atoms with van der Waals surface area (Å²) in [6, 6.07) is 0. The Labute approximate surface area is 92.1 Å². The molecule has 0 unspecified atom stereocenters. The number of hydrogen-bond donors (Lipinski definition) is 1. The third-order valence-electron chi connectivity index (χ3n) is 2.83. The monoisotopic (exact) mass is 214 g/mol.